The van der Waals surface area contributed by atoms with Gasteiger partial charge in [-0.15, -0.1) is 0 Å². The molecule has 1 fully saturated rings. The minimum absolute atomic E-state index is 0.00412. The summed E-state index contributed by atoms with van der Waals surface area (Å²) in [5, 5.41) is 9.97. The summed E-state index contributed by atoms with van der Waals surface area (Å²) in [5.41, 5.74) is 3.56. The number of ether oxygens (including phenoxy) is 1. The number of aromatic nitrogens is 3. The smallest absolute Gasteiger partial charge is 0.254 e. The molecule has 3 aromatic rings. The molecule has 2 heterocycles. The van der Waals surface area contributed by atoms with Gasteiger partial charge in [-0.2, -0.15) is 5.10 Å². The Morgan fingerprint density at radius 3 is 2.38 bits per heavy atom. The van der Waals surface area contributed by atoms with Crippen LogP contribution in [0, 0.1) is 11.7 Å². The minimum Gasteiger partial charge on any atom is -0.372 e. The highest BCUT2D eigenvalue weighted by Gasteiger charge is 2.26. The number of hydrogen-bond acceptors (Lipinski definition) is 5. The zero-order chi connectivity index (χ0) is 24.2. The van der Waals surface area contributed by atoms with Crippen LogP contribution in [-0.4, -0.2) is 56.8 Å². The quantitative estimate of drug-likeness (QED) is 0.528. The first-order chi connectivity index (χ1) is 16.3. The van der Waals surface area contributed by atoms with Crippen LogP contribution >= 0.6 is 12.2 Å². The van der Waals surface area contributed by atoms with Crippen molar-refractivity contribution in [3.05, 3.63) is 70.0 Å². The van der Waals surface area contributed by atoms with E-state index in [-0.39, 0.29) is 30.6 Å². The van der Waals surface area contributed by atoms with Crippen molar-refractivity contribution < 1.29 is 14.3 Å². The van der Waals surface area contributed by atoms with Crippen LogP contribution in [0.5, 0.6) is 0 Å². The highest BCUT2D eigenvalue weighted by atomic mass is 32.1. The van der Waals surface area contributed by atoms with Crippen LogP contribution < -0.4 is 5.32 Å². The summed E-state index contributed by atoms with van der Waals surface area (Å²) in [4.78, 5) is 27.3. The van der Waals surface area contributed by atoms with Gasteiger partial charge < -0.3 is 15.0 Å². The molecule has 2 N–H and O–H groups in total. The Balaban J connectivity index is 1.35. The predicted octanol–water partition coefficient (Wildman–Crippen LogP) is 3.48. The van der Waals surface area contributed by atoms with Crippen LogP contribution in [0.2, 0.25) is 0 Å². The largest absolute Gasteiger partial charge is 0.372 e. The van der Waals surface area contributed by atoms with Crippen molar-refractivity contribution in [2.24, 2.45) is 0 Å². The van der Waals surface area contributed by atoms with Gasteiger partial charge in [0.1, 0.15) is 6.54 Å². The third-order valence-electron chi connectivity index (χ3n) is 5.77. The molecular weight excluding hydrogens is 450 g/mol. The maximum Gasteiger partial charge on any atom is 0.254 e. The fourth-order valence-corrected chi connectivity index (χ4v) is 4.28. The molecule has 2 amide bonds. The second-order valence-electron chi connectivity index (χ2n) is 8.75. The van der Waals surface area contributed by atoms with Gasteiger partial charge in [0.2, 0.25) is 5.91 Å². The number of rotatable bonds is 6. The van der Waals surface area contributed by atoms with Crippen LogP contribution in [0.3, 0.4) is 0 Å². The van der Waals surface area contributed by atoms with E-state index in [0.29, 0.717) is 35.8 Å². The van der Waals surface area contributed by atoms with E-state index < -0.39 is 0 Å². The SMILES string of the molecule is Cc1ccc(-c2n[nH]c(=S)n2CC(=O)NCc2ccc(C(=O)N3CC(C)OC(C)C3)cc2)cc1. The fraction of sp³-hybridized carbons (Fsp3) is 0.360. The molecule has 178 valence electrons. The highest BCUT2D eigenvalue weighted by Crippen LogP contribution is 2.18. The van der Waals surface area contributed by atoms with Crippen LogP contribution in [0.25, 0.3) is 11.4 Å². The number of morpholine rings is 1. The molecule has 9 heteroatoms. The predicted molar refractivity (Wildman–Crippen MR) is 132 cm³/mol. The van der Waals surface area contributed by atoms with Gasteiger partial charge in [-0.1, -0.05) is 42.0 Å². The third kappa shape index (κ3) is 5.60. The van der Waals surface area contributed by atoms with Gasteiger partial charge >= 0.3 is 0 Å². The molecule has 4 rings (SSSR count). The van der Waals surface area contributed by atoms with E-state index in [0.717, 1.165) is 16.7 Å². The van der Waals surface area contributed by atoms with Gasteiger partial charge in [-0.3, -0.25) is 19.3 Å². The van der Waals surface area contributed by atoms with Crippen LogP contribution in [-0.2, 0) is 22.6 Å². The standard InChI is InChI=1S/C25H29N5O3S/c1-16-4-8-20(9-5-16)23-27-28-25(34)30(23)15-22(31)26-12-19-6-10-21(11-7-19)24(32)29-13-17(2)33-18(3)14-29/h4-11,17-18H,12-15H2,1-3H3,(H,26,31)(H,28,34). The van der Waals surface area contributed by atoms with Crippen molar-refractivity contribution >= 4 is 24.0 Å². The summed E-state index contributed by atoms with van der Waals surface area (Å²) in [5.74, 6) is 0.438. The molecule has 34 heavy (non-hydrogen) atoms. The first-order valence-electron chi connectivity index (χ1n) is 11.3. The van der Waals surface area contributed by atoms with E-state index in [4.69, 9.17) is 17.0 Å². The number of hydrogen-bond donors (Lipinski definition) is 2. The first kappa shape index (κ1) is 23.8. The third-order valence-corrected chi connectivity index (χ3v) is 6.08. The maximum absolute atomic E-state index is 12.8. The Bertz CT molecular complexity index is 1210. The Kier molecular flexibility index (Phi) is 7.23. The van der Waals surface area contributed by atoms with Gasteiger partial charge in [0, 0.05) is 30.8 Å². The normalized spacial score (nSPS) is 18.0. The van der Waals surface area contributed by atoms with Crippen molar-refractivity contribution in [1.82, 2.24) is 25.0 Å². The lowest BCUT2D eigenvalue weighted by molar-refractivity contribution is -0.121. The number of nitrogens with one attached hydrogen (secondary N) is 2. The lowest BCUT2D eigenvalue weighted by Crippen LogP contribution is -2.48. The molecule has 2 unspecified atom stereocenters. The number of nitrogens with zero attached hydrogens (tertiary/aromatic N) is 3. The van der Waals surface area contributed by atoms with Gasteiger partial charge in [-0.25, -0.2) is 0 Å². The van der Waals surface area contributed by atoms with E-state index >= 15 is 0 Å². The molecular formula is C25H29N5O3S. The molecule has 1 aliphatic rings. The van der Waals surface area contributed by atoms with Crippen molar-refractivity contribution in [1.29, 1.82) is 0 Å². The first-order valence-corrected chi connectivity index (χ1v) is 11.7. The van der Waals surface area contributed by atoms with Gasteiger partial charge in [0.15, 0.2) is 10.6 Å². The van der Waals surface area contributed by atoms with E-state index in [9.17, 15) is 9.59 Å². The molecule has 0 spiro atoms. The molecule has 1 aromatic heterocycles. The lowest BCUT2D eigenvalue weighted by atomic mass is 10.1. The van der Waals surface area contributed by atoms with Crippen molar-refractivity contribution in [2.75, 3.05) is 13.1 Å². The van der Waals surface area contributed by atoms with E-state index in [2.05, 4.69) is 15.5 Å². The summed E-state index contributed by atoms with van der Waals surface area (Å²) in [6.45, 7) is 7.54. The Morgan fingerprint density at radius 1 is 1.09 bits per heavy atom. The minimum atomic E-state index is -0.178. The Hall–Kier alpha value is -3.30. The van der Waals surface area contributed by atoms with Crippen LogP contribution in [0.1, 0.15) is 35.3 Å². The summed E-state index contributed by atoms with van der Waals surface area (Å²) in [6.07, 6.45) is 0.0508. The lowest BCUT2D eigenvalue weighted by Gasteiger charge is -2.35. The van der Waals surface area contributed by atoms with Crippen LogP contribution in [0.4, 0.5) is 0 Å². The number of H-pyrrole nitrogens is 1. The number of aryl methyl sites for hydroxylation is 1. The average molecular weight is 480 g/mol. The fourth-order valence-electron chi connectivity index (χ4n) is 4.08. The maximum atomic E-state index is 12.8. The van der Waals surface area contributed by atoms with E-state index in [1.807, 2.05) is 62.1 Å². The zero-order valence-electron chi connectivity index (χ0n) is 19.6. The van der Waals surface area contributed by atoms with Crippen molar-refractivity contribution in [2.45, 2.75) is 46.1 Å². The topological polar surface area (TPSA) is 92.2 Å². The summed E-state index contributed by atoms with van der Waals surface area (Å²) >= 11 is 5.32. The highest BCUT2D eigenvalue weighted by molar-refractivity contribution is 7.71. The van der Waals surface area contributed by atoms with Gasteiger partial charge in [0.05, 0.1) is 12.2 Å². The van der Waals surface area contributed by atoms with Gasteiger partial charge in [0.25, 0.3) is 5.91 Å². The number of amides is 2. The molecule has 1 saturated heterocycles. The molecule has 0 radical (unpaired) electrons. The molecule has 1 aliphatic heterocycles. The van der Waals surface area contributed by atoms with Crippen molar-refractivity contribution in [3.63, 3.8) is 0 Å². The summed E-state index contributed by atoms with van der Waals surface area (Å²) in [7, 11) is 0. The molecule has 2 atom stereocenters. The Morgan fingerprint density at radius 2 is 1.74 bits per heavy atom. The molecule has 2 aromatic carbocycles. The van der Waals surface area contributed by atoms with Gasteiger partial charge in [-0.05, 0) is 50.7 Å². The molecule has 8 nitrogen and oxygen atoms in total. The average Bonchev–Trinajstić information content (AvgIpc) is 3.17. The number of carbonyl (C=O) groups excluding carboxylic acids is 2. The van der Waals surface area contributed by atoms with E-state index in [1.165, 1.54) is 0 Å². The summed E-state index contributed by atoms with van der Waals surface area (Å²) in [6, 6.07) is 15.2. The van der Waals surface area contributed by atoms with E-state index in [1.54, 1.807) is 16.7 Å². The second kappa shape index (κ2) is 10.3. The molecule has 0 saturated carbocycles. The zero-order valence-corrected chi connectivity index (χ0v) is 20.4. The Labute approximate surface area is 203 Å². The summed E-state index contributed by atoms with van der Waals surface area (Å²) < 4.78 is 7.78. The van der Waals surface area contributed by atoms with Crippen molar-refractivity contribution in [3.8, 4) is 11.4 Å². The number of benzene rings is 2. The number of carbonyl (C=O) groups is 2. The molecule has 0 bridgehead atoms. The monoisotopic (exact) mass is 479 g/mol. The second-order valence-corrected chi connectivity index (χ2v) is 9.13. The molecule has 0 aliphatic carbocycles. The van der Waals surface area contributed by atoms with Crippen LogP contribution in [0.15, 0.2) is 48.5 Å². The number of aromatic amines is 1.